The zero-order valence-electron chi connectivity index (χ0n) is 10.5. The number of rotatable bonds is 7. The van der Waals surface area contributed by atoms with Gasteiger partial charge in [0.15, 0.2) is 0 Å². The van der Waals surface area contributed by atoms with Crippen LogP contribution in [0.4, 0.5) is 0 Å². The monoisotopic (exact) mass is 217 g/mol. The maximum Gasteiger partial charge on any atom is 0.0876 e. The van der Waals surface area contributed by atoms with Gasteiger partial charge in [-0.1, -0.05) is 26.7 Å². The maximum absolute atomic E-state index is 2.31. The third kappa shape index (κ3) is 5.50. The first-order valence-electron chi connectivity index (χ1n) is 6.73. The van der Waals surface area contributed by atoms with Crippen molar-refractivity contribution in [2.24, 2.45) is 0 Å². The van der Waals surface area contributed by atoms with Crippen LogP contribution < -0.4 is 9.60 Å². The van der Waals surface area contributed by atoms with E-state index < -0.39 is 0 Å². The number of hydrogen-bond donors (Lipinski definition) is 1. The summed E-state index contributed by atoms with van der Waals surface area (Å²) < 4.78 is 0. The van der Waals surface area contributed by atoms with E-state index in [9.17, 15) is 0 Å². The standard InChI is InChI=1S/C13H27N.FH/c1-3-5-7-11-14-12-8-10-13(14)9-6-4-2;/h13H,3-12H2,1-2H3;1H. The molecule has 0 aromatic carbocycles. The molecule has 92 valence electrons. The van der Waals surface area contributed by atoms with Gasteiger partial charge in [-0.05, 0) is 25.7 Å². The zero-order chi connectivity index (χ0) is 10.2. The third-order valence-electron chi connectivity index (χ3n) is 3.64. The van der Waals surface area contributed by atoms with Gasteiger partial charge in [0.1, 0.15) is 0 Å². The number of nitrogens with one attached hydrogen (secondary N) is 1. The van der Waals surface area contributed by atoms with E-state index in [0.717, 1.165) is 6.04 Å². The Kier molecular flexibility index (Phi) is 9.07. The molecular weight excluding hydrogens is 189 g/mol. The number of likely N-dealkylation sites (tertiary alicyclic amines) is 1. The summed E-state index contributed by atoms with van der Waals surface area (Å²) in [7, 11) is 0. The maximum atomic E-state index is 2.31. The van der Waals surface area contributed by atoms with Crippen LogP contribution in [0.5, 0.6) is 0 Å². The summed E-state index contributed by atoms with van der Waals surface area (Å²) in [6.45, 7) is 7.51. The third-order valence-corrected chi connectivity index (χ3v) is 3.64. The molecule has 0 spiro atoms. The average Bonchev–Trinajstić information content (AvgIpc) is 2.63. The molecule has 2 unspecified atom stereocenters. The van der Waals surface area contributed by atoms with E-state index >= 15 is 0 Å². The average molecular weight is 217 g/mol. The van der Waals surface area contributed by atoms with E-state index in [1.807, 2.05) is 4.90 Å². The van der Waals surface area contributed by atoms with Gasteiger partial charge in [0.2, 0.25) is 0 Å². The molecule has 15 heavy (non-hydrogen) atoms. The predicted molar refractivity (Wildman–Crippen MR) is 62.8 cm³/mol. The van der Waals surface area contributed by atoms with Crippen LogP contribution in [0.3, 0.4) is 0 Å². The Morgan fingerprint density at radius 1 is 1.07 bits per heavy atom. The van der Waals surface area contributed by atoms with Crippen LogP contribution in [-0.4, -0.2) is 19.1 Å². The lowest BCUT2D eigenvalue weighted by Crippen LogP contribution is -3.13. The van der Waals surface area contributed by atoms with E-state index in [1.54, 1.807) is 0 Å². The Morgan fingerprint density at radius 2 is 1.80 bits per heavy atom. The van der Waals surface area contributed by atoms with Gasteiger partial charge in [0.25, 0.3) is 0 Å². The second-order valence-corrected chi connectivity index (χ2v) is 4.85. The zero-order valence-corrected chi connectivity index (χ0v) is 10.5. The van der Waals surface area contributed by atoms with E-state index in [1.165, 1.54) is 64.5 Å². The molecule has 0 saturated carbocycles. The van der Waals surface area contributed by atoms with Gasteiger partial charge < -0.3 is 9.60 Å². The largest absolute Gasteiger partial charge is 1.00 e. The summed E-state index contributed by atoms with van der Waals surface area (Å²) in [5.74, 6) is 0. The number of halogens is 1. The highest BCUT2D eigenvalue weighted by Crippen LogP contribution is 2.08. The highest BCUT2D eigenvalue weighted by Gasteiger charge is 2.26. The first kappa shape index (κ1) is 14.9. The van der Waals surface area contributed by atoms with Gasteiger partial charge in [0, 0.05) is 12.8 Å². The Morgan fingerprint density at radius 3 is 2.47 bits per heavy atom. The molecule has 2 heteroatoms. The molecule has 1 saturated heterocycles. The van der Waals surface area contributed by atoms with Crippen molar-refractivity contribution in [1.82, 2.24) is 0 Å². The molecule has 1 nitrogen and oxygen atoms in total. The Labute approximate surface area is 94.6 Å². The molecule has 0 amide bonds. The van der Waals surface area contributed by atoms with Crippen LogP contribution in [0.2, 0.25) is 0 Å². The van der Waals surface area contributed by atoms with Crippen LogP contribution in [0.15, 0.2) is 0 Å². The van der Waals surface area contributed by atoms with Gasteiger partial charge in [-0.15, -0.1) is 0 Å². The van der Waals surface area contributed by atoms with E-state index in [2.05, 4.69) is 13.8 Å². The Hall–Kier alpha value is -0.110. The minimum absolute atomic E-state index is 0. The van der Waals surface area contributed by atoms with Gasteiger partial charge in [-0.2, -0.15) is 0 Å². The van der Waals surface area contributed by atoms with Gasteiger partial charge in [0.05, 0.1) is 19.1 Å². The normalized spacial score (nSPS) is 25.2. The van der Waals surface area contributed by atoms with Crippen molar-refractivity contribution >= 4 is 0 Å². The smallest absolute Gasteiger partial charge is 0.0876 e. The van der Waals surface area contributed by atoms with Crippen LogP contribution in [0.1, 0.15) is 65.2 Å². The molecule has 0 radical (unpaired) electrons. The molecule has 0 aromatic heterocycles. The van der Waals surface area contributed by atoms with Gasteiger partial charge in [-0.25, -0.2) is 0 Å². The Balaban J connectivity index is 0.00000196. The van der Waals surface area contributed by atoms with E-state index in [0.29, 0.717) is 0 Å². The fourth-order valence-electron chi connectivity index (χ4n) is 2.71. The molecule has 0 aromatic rings. The van der Waals surface area contributed by atoms with Crippen molar-refractivity contribution in [3.8, 4) is 0 Å². The minimum atomic E-state index is 0. The molecule has 1 fully saturated rings. The summed E-state index contributed by atoms with van der Waals surface area (Å²) in [6.07, 6.45) is 11.5. The summed E-state index contributed by atoms with van der Waals surface area (Å²) in [5.41, 5.74) is 0. The number of hydrogen-bond acceptors (Lipinski definition) is 0. The van der Waals surface area contributed by atoms with E-state index in [-0.39, 0.29) is 4.70 Å². The lowest BCUT2D eigenvalue weighted by molar-refractivity contribution is -0.912. The van der Waals surface area contributed by atoms with Crippen molar-refractivity contribution in [2.75, 3.05) is 13.1 Å². The molecular formula is C13H28FN. The van der Waals surface area contributed by atoms with Crippen molar-refractivity contribution in [2.45, 2.75) is 71.3 Å². The summed E-state index contributed by atoms with van der Waals surface area (Å²) in [5, 5.41) is 0. The topological polar surface area (TPSA) is 4.44 Å². The van der Waals surface area contributed by atoms with Crippen molar-refractivity contribution in [3.05, 3.63) is 0 Å². The first-order chi connectivity index (χ1) is 6.88. The van der Waals surface area contributed by atoms with Crippen LogP contribution in [0, 0.1) is 0 Å². The fraction of sp³-hybridized carbons (Fsp3) is 1.00. The number of quaternary nitrogens is 1. The lowest BCUT2D eigenvalue weighted by atomic mass is 10.1. The van der Waals surface area contributed by atoms with E-state index in [4.69, 9.17) is 0 Å². The van der Waals surface area contributed by atoms with Crippen LogP contribution in [0.25, 0.3) is 0 Å². The van der Waals surface area contributed by atoms with Gasteiger partial charge in [-0.3, -0.25) is 0 Å². The first-order valence-corrected chi connectivity index (χ1v) is 6.73. The second kappa shape index (κ2) is 9.14. The SMILES string of the molecule is CCCCC[NH+]1CCCC1CCCC.[F-]. The predicted octanol–water partition coefficient (Wildman–Crippen LogP) is -0.582. The highest BCUT2D eigenvalue weighted by atomic mass is 19.0. The molecule has 2 atom stereocenters. The molecule has 0 aliphatic carbocycles. The Bertz CT molecular complexity index is 138. The molecule has 1 aliphatic heterocycles. The number of unbranched alkanes of at least 4 members (excludes halogenated alkanes) is 3. The van der Waals surface area contributed by atoms with Crippen molar-refractivity contribution in [1.29, 1.82) is 0 Å². The quantitative estimate of drug-likeness (QED) is 0.544. The molecule has 1 rings (SSSR count). The second-order valence-electron chi connectivity index (χ2n) is 4.85. The van der Waals surface area contributed by atoms with Crippen molar-refractivity contribution in [3.63, 3.8) is 0 Å². The lowest BCUT2D eigenvalue weighted by Gasteiger charge is -2.21. The van der Waals surface area contributed by atoms with Gasteiger partial charge >= 0.3 is 0 Å². The fourth-order valence-corrected chi connectivity index (χ4v) is 2.71. The summed E-state index contributed by atoms with van der Waals surface area (Å²) >= 11 is 0. The summed E-state index contributed by atoms with van der Waals surface area (Å²) in [4.78, 5) is 1.92. The molecule has 1 heterocycles. The minimum Gasteiger partial charge on any atom is -1.00 e. The molecule has 1 N–H and O–H groups in total. The molecule has 1 aliphatic rings. The summed E-state index contributed by atoms with van der Waals surface area (Å²) in [6, 6.07) is 1.02. The van der Waals surface area contributed by atoms with Crippen molar-refractivity contribution < 1.29 is 9.60 Å². The molecule has 0 bridgehead atoms. The highest BCUT2D eigenvalue weighted by molar-refractivity contribution is 4.62. The van der Waals surface area contributed by atoms with Crippen LogP contribution in [-0.2, 0) is 0 Å². The van der Waals surface area contributed by atoms with Crippen LogP contribution >= 0.6 is 0 Å².